The fraction of sp³-hybridized carbons (Fsp3) is 0.412. The minimum atomic E-state index is 0.181. The maximum absolute atomic E-state index is 6.28. The zero-order valence-electron chi connectivity index (χ0n) is 12.3. The molecule has 2 N–H and O–H groups in total. The van der Waals surface area contributed by atoms with E-state index >= 15 is 0 Å². The molecule has 2 aromatic rings. The minimum absolute atomic E-state index is 0.181. The molecule has 1 aliphatic rings. The summed E-state index contributed by atoms with van der Waals surface area (Å²) in [5, 5.41) is 0.805. The van der Waals surface area contributed by atoms with Crippen LogP contribution in [0.5, 0.6) is 0 Å². The average Bonchev–Trinajstić information content (AvgIpc) is 3.20. The molecule has 3 nitrogen and oxygen atoms in total. The van der Waals surface area contributed by atoms with Crippen LogP contribution in [-0.2, 0) is 6.54 Å². The van der Waals surface area contributed by atoms with Crippen LogP contribution >= 0.6 is 11.6 Å². The highest BCUT2D eigenvalue weighted by molar-refractivity contribution is 6.31. The van der Waals surface area contributed by atoms with E-state index in [2.05, 4.69) is 17.0 Å². The molecule has 0 bridgehead atoms. The second kappa shape index (κ2) is 6.22. The van der Waals surface area contributed by atoms with E-state index in [-0.39, 0.29) is 6.04 Å². The SMILES string of the molecule is Cc1ccc(C(CN)N(Cc2ccco2)C2CC2)cc1Cl. The van der Waals surface area contributed by atoms with E-state index in [9.17, 15) is 0 Å². The molecule has 1 atom stereocenters. The summed E-state index contributed by atoms with van der Waals surface area (Å²) >= 11 is 6.28. The molecule has 1 fully saturated rings. The van der Waals surface area contributed by atoms with Gasteiger partial charge in [0.05, 0.1) is 12.8 Å². The van der Waals surface area contributed by atoms with Crippen LogP contribution in [-0.4, -0.2) is 17.5 Å². The molecule has 1 aliphatic carbocycles. The monoisotopic (exact) mass is 304 g/mol. The van der Waals surface area contributed by atoms with Gasteiger partial charge in [0, 0.05) is 23.7 Å². The van der Waals surface area contributed by atoms with Gasteiger partial charge in [-0.3, -0.25) is 4.90 Å². The molecule has 0 spiro atoms. The Kier molecular flexibility index (Phi) is 4.34. The van der Waals surface area contributed by atoms with E-state index in [1.165, 1.54) is 18.4 Å². The van der Waals surface area contributed by atoms with Crippen molar-refractivity contribution in [2.45, 2.75) is 38.4 Å². The van der Waals surface area contributed by atoms with Gasteiger partial charge >= 0.3 is 0 Å². The first-order valence-electron chi connectivity index (χ1n) is 7.43. The van der Waals surface area contributed by atoms with Crippen LogP contribution in [0.2, 0.25) is 5.02 Å². The molecule has 0 amide bonds. The van der Waals surface area contributed by atoms with Gasteiger partial charge in [-0.05, 0) is 49.1 Å². The lowest BCUT2D eigenvalue weighted by atomic mass is 10.0. The zero-order chi connectivity index (χ0) is 14.8. The lowest BCUT2D eigenvalue weighted by Gasteiger charge is -2.31. The molecule has 112 valence electrons. The van der Waals surface area contributed by atoms with Gasteiger partial charge in [0.25, 0.3) is 0 Å². The van der Waals surface area contributed by atoms with Crippen LogP contribution in [0.1, 0.15) is 35.8 Å². The number of benzene rings is 1. The fourth-order valence-corrected chi connectivity index (χ4v) is 2.95. The van der Waals surface area contributed by atoms with Crippen molar-refractivity contribution in [3.63, 3.8) is 0 Å². The highest BCUT2D eigenvalue weighted by Gasteiger charge is 2.34. The van der Waals surface area contributed by atoms with Crippen LogP contribution in [0.25, 0.3) is 0 Å². The number of hydrogen-bond donors (Lipinski definition) is 1. The Morgan fingerprint density at radius 1 is 1.38 bits per heavy atom. The van der Waals surface area contributed by atoms with E-state index < -0.39 is 0 Å². The molecular weight excluding hydrogens is 284 g/mol. The number of rotatable bonds is 6. The van der Waals surface area contributed by atoms with Crippen LogP contribution in [0.4, 0.5) is 0 Å². The smallest absolute Gasteiger partial charge is 0.117 e. The summed E-state index contributed by atoms with van der Waals surface area (Å²) in [4.78, 5) is 2.44. The van der Waals surface area contributed by atoms with Crippen molar-refractivity contribution in [2.75, 3.05) is 6.54 Å². The van der Waals surface area contributed by atoms with Crippen molar-refractivity contribution < 1.29 is 4.42 Å². The van der Waals surface area contributed by atoms with E-state index in [0.717, 1.165) is 22.9 Å². The van der Waals surface area contributed by atoms with Gasteiger partial charge in [0.2, 0.25) is 0 Å². The summed E-state index contributed by atoms with van der Waals surface area (Å²) in [6.07, 6.45) is 4.19. The summed E-state index contributed by atoms with van der Waals surface area (Å²) in [6.45, 7) is 3.40. The Balaban J connectivity index is 1.86. The number of halogens is 1. The molecule has 0 saturated heterocycles. The first-order valence-corrected chi connectivity index (χ1v) is 7.81. The van der Waals surface area contributed by atoms with Gasteiger partial charge in [0.1, 0.15) is 5.76 Å². The quantitative estimate of drug-likeness (QED) is 0.880. The normalized spacial score (nSPS) is 16.4. The third-order valence-corrected chi connectivity index (χ3v) is 4.55. The molecule has 1 aromatic carbocycles. The maximum Gasteiger partial charge on any atom is 0.117 e. The third kappa shape index (κ3) is 3.31. The Morgan fingerprint density at radius 3 is 2.76 bits per heavy atom. The molecule has 0 radical (unpaired) electrons. The topological polar surface area (TPSA) is 42.4 Å². The summed E-state index contributed by atoms with van der Waals surface area (Å²) in [7, 11) is 0. The highest BCUT2D eigenvalue weighted by Crippen LogP contribution is 2.36. The summed E-state index contributed by atoms with van der Waals surface area (Å²) in [5.74, 6) is 0.985. The van der Waals surface area contributed by atoms with Crippen molar-refractivity contribution >= 4 is 11.6 Å². The van der Waals surface area contributed by atoms with E-state index in [0.29, 0.717) is 12.6 Å². The standard InChI is InChI=1S/C17H21ClN2O/c1-12-4-5-13(9-16(12)18)17(10-19)20(14-6-7-14)11-15-3-2-8-21-15/h2-5,8-9,14,17H,6-7,10-11,19H2,1H3. The van der Waals surface area contributed by atoms with Crippen molar-refractivity contribution in [3.8, 4) is 0 Å². The van der Waals surface area contributed by atoms with Gasteiger partial charge in [-0.25, -0.2) is 0 Å². The van der Waals surface area contributed by atoms with Crippen LogP contribution in [0, 0.1) is 6.92 Å². The van der Waals surface area contributed by atoms with Crippen molar-refractivity contribution in [1.82, 2.24) is 4.90 Å². The van der Waals surface area contributed by atoms with Crippen LogP contribution in [0.3, 0.4) is 0 Å². The van der Waals surface area contributed by atoms with Gasteiger partial charge < -0.3 is 10.2 Å². The second-order valence-corrected chi connectivity index (χ2v) is 6.15. The van der Waals surface area contributed by atoms with Crippen molar-refractivity contribution in [3.05, 3.63) is 58.5 Å². The van der Waals surface area contributed by atoms with E-state index in [1.807, 2.05) is 25.1 Å². The lowest BCUT2D eigenvalue weighted by Crippen LogP contribution is -2.35. The van der Waals surface area contributed by atoms with Gasteiger partial charge in [0.15, 0.2) is 0 Å². The summed E-state index contributed by atoms with van der Waals surface area (Å²) < 4.78 is 5.51. The maximum atomic E-state index is 6.28. The average molecular weight is 305 g/mol. The number of nitrogens with zero attached hydrogens (tertiary/aromatic N) is 1. The fourth-order valence-electron chi connectivity index (χ4n) is 2.76. The summed E-state index contributed by atoms with van der Waals surface area (Å²) in [6, 6.07) is 11.0. The predicted molar refractivity (Wildman–Crippen MR) is 85.3 cm³/mol. The first-order chi connectivity index (χ1) is 10.2. The third-order valence-electron chi connectivity index (χ3n) is 4.14. The minimum Gasteiger partial charge on any atom is -0.468 e. The molecule has 4 heteroatoms. The van der Waals surface area contributed by atoms with Crippen LogP contribution < -0.4 is 5.73 Å². The highest BCUT2D eigenvalue weighted by atomic mass is 35.5. The van der Waals surface area contributed by atoms with Crippen molar-refractivity contribution in [2.24, 2.45) is 5.73 Å². The molecule has 3 rings (SSSR count). The second-order valence-electron chi connectivity index (χ2n) is 5.74. The Bertz CT molecular complexity index is 593. The molecule has 1 aromatic heterocycles. The molecule has 1 heterocycles. The summed E-state index contributed by atoms with van der Waals surface area (Å²) in [5.41, 5.74) is 8.36. The predicted octanol–water partition coefficient (Wildman–Crippen LogP) is 3.91. The molecule has 0 aliphatic heterocycles. The van der Waals surface area contributed by atoms with E-state index in [1.54, 1.807) is 6.26 Å². The first kappa shape index (κ1) is 14.6. The Hall–Kier alpha value is -1.29. The van der Waals surface area contributed by atoms with Crippen molar-refractivity contribution in [1.29, 1.82) is 0 Å². The molecular formula is C17H21ClN2O. The molecule has 21 heavy (non-hydrogen) atoms. The van der Waals surface area contributed by atoms with Crippen LogP contribution in [0.15, 0.2) is 41.0 Å². The Labute approximate surface area is 130 Å². The van der Waals surface area contributed by atoms with E-state index in [4.69, 9.17) is 21.8 Å². The van der Waals surface area contributed by atoms with Gasteiger partial charge in [-0.2, -0.15) is 0 Å². The Morgan fingerprint density at radius 2 is 2.19 bits per heavy atom. The van der Waals surface area contributed by atoms with Gasteiger partial charge in [-0.1, -0.05) is 23.7 Å². The van der Waals surface area contributed by atoms with Gasteiger partial charge in [-0.15, -0.1) is 0 Å². The number of hydrogen-bond acceptors (Lipinski definition) is 3. The zero-order valence-corrected chi connectivity index (χ0v) is 13.0. The largest absolute Gasteiger partial charge is 0.468 e. The molecule has 1 saturated carbocycles. The molecule has 1 unspecified atom stereocenters. The number of aryl methyl sites for hydroxylation is 1. The lowest BCUT2D eigenvalue weighted by molar-refractivity contribution is 0.168. The number of furan rings is 1. The number of nitrogens with two attached hydrogens (primary N) is 1.